The van der Waals surface area contributed by atoms with E-state index in [2.05, 4.69) is 59.7 Å². The minimum atomic E-state index is 0.515. The number of rotatable bonds is 6. The maximum absolute atomic E-state index is 5.45. The molecule has 152 valence electrons. The molecule has 1 fully saturated rings. The molecule has 0 unspecified atom stereocenters. The molecule has 0 atom stereocenters. The quantitative estimate of drug-likeness (QED) is 0.455. The van der Waals surface area contributed by atoms with Crippen LogP contribution < -0.4 is 15.5 Å². The number of hydrogen-bond acceptors (Lipinski definition) is 7. The van der Waals surface area contributed by atoms with Gasteiger partial charge in [0.2, 0.25) is 5.95 Å². The fraction of sp³-hybridized carbons (Fsp3) is 0.227. The summed E-state index contributed by atoms with van der Waals surface area (Å²) in [7, 11) is 0. The first-order valence-corrected chi connectivity index (χ1v) is 10.0. The third-order valence-corrected chi connectivity index (χ3v) is 5.06. The van der Waals surface area contributed by atoms with Crippen molar-refractivity contribution in [1.29, 1.82) is 0 Å². The molecule has 8 nitrogen and oxygen atoms in total. The van der Waals surface area contributed by atoms with E-state index in [1.165, 1.54) is 5.56 Å². The zero-order valence-corrected chi connectivity index (χ0v) is 16.5. The van der Waals surface area contributed by atoms with Crippen LogP contribution in [0.2, 0.25) is 0 Å². The van der Waals surface area contributed by atoms with E-state index in [1.54, 1.807) is 6.33 Å². The number of nitrogens with one attached hydrogen (secondary N) is 3. The largest absolute Gasteiger partial charge is 0.378 e. The van der Waals surface area contributed by atoms with Crippen molar-refractivity contribution in [3.8, 4) is 0 Å². The normalized spacial score (nSPS) is 14.1. The van der Waals surface area contributed by atoms with E-state index in [0.29, 0.717) is 24.0 Å². The van der Waals surface area contributed by atoms with E-state index in [0.717, 1.165) is 43.2 Å². The molecule has 8 heteroatoms. The lowest BCUT2D eigenvalue weighted by Gasteiger charge is -2.29. The van der Waals surface area contributed by atoms with Crippen molar-refractivity contribution in [1.82, 2.24) is 19.9 Å². The van der Waals surface area contributed by atoms with Crippen LogP contribution in [-0.4, -0.2) is 46.2 Å². The third-order valence-electron chi connectivity index (χ3n) is 5.06. The molecule has 0 bridgehead atoms. The van der Waals surface area contributed by atoms with Crippen LogP contribution in [0.1, 0.15) is 5.56 Å². The molecule has 2 aromatic heterocycles. The Morgan fingerprint density at radius 1 is 1.00 bits per heavy atom. The van der Waals surface area contributed by atoms with E-state index in [-0.39, 0.29) is 0 Å². The van der Waals surface area contributed by atoms with Crippen molar-refractivity contribution in [2.24, 2.45) is 0 Å². The monoisotopic (exact) mass is 401 g/mol. The van der Waals surface area contributed by atoms with E-state index >= 15 is 0 Å². The molecule has 1 saturated heterocycles. The number of ether oxygens (including phenoxy) is 1. The highest BCUT2D eigenvalue weighted by Crippen LogP contribution is 2.25. The van der Waals surface area contributed by atoms with Crippen LogP contribution >= 0.6 is 0 Å². The molecule has 0 aliphatic carbocycles. The molecule has 4 aromatic rings. The summed E-state index contributed by atoms with van der Waals surface area (Å²) in [5, 5.41) is 6.72. The predicted molar refractivity (Wildman–Crippen MR) is 118 cm³/mol. The second-order valence-electron chi connectivity index (χ2n) is 7.11. The first-order valence-electron chi connectivity index (χ1n) is 10.0. The number of anilines is 4. The first-order chi connectivity index (χ1) is 14.8. The summed E-state index contributed by atoms with van der Waals surface area (Å²) in [6, 6.07) is 18.5. The topological polar surface area (TPSA) is 91.0 Å². The lowest BCUT2D eigenvalue weighted by Crippen LogP contribution is -2.36. The minimum Gasteiger partial charge on any atom is -0.378 e. The Morgan fingerprint density at radius 3 is 2.73 bits per heavy atom. The fourth-order valence-corrected chi connectivity index (χ4v) is 3.53. The summed E-state index contributed by atoms with van der Waals surface area (Å²) in [6.07, 6.45) is 1.63. The number of benzene rings is 2. The van der Waals surface area contributed by atoms with Gasteiger partial charge >= 0.3 is 0 Å². The predicted octanol–water partition coefficient (Wildman–Crippen LogP) is 3.55. The summed E-state index contributed by atoms with van der Waals surface area (Å²) in [4.78, 5) is 19.0. The molecule has 1 aliphatic rings. The van der Waals surface area contributed by atoms with Gasteiger partial charge in [-0.3, -0.25) is 0 Å². The standard InChI is InChI=1S/C22H23N7O/c1-2-5-16(6-3-1)14-23-20-19-21(25-15-24-19)28-22(27-20)26-17-7-4-8-18(13-17)29-9-11-30-12-10-29/h1-8,13,15H,9-12,14H2,(H3,23,24,25,26,27,28). The van der Waals surface area contributed by atoms with Gasteiger partial charge in [-0.15, -0.1) is 0 Å². The molecule has 0 saturated carbocycles. The van der Waals surface area contributed by atoms with Gasteiger partial charge in [-0.05, 0) is 23.8 Å². The molecule has 3 heterocycles. The highest BCUT2D eigenvalue weighted by Gasteiger charge is 2.13. The average Bonchev–Trinajstić information content (AvgIpc) is 3.28. The van der Waals surface area contributed by atoms with Crippen LogP contribution in [0.25, 0.3) is 11.2 Å². The summed E-state index contributed by atoms with van der Waals surface area (Å²) < 4.78 is 5.45. The van der Waals surface area contributed by atoms with Gasteiger partial charge < -0.3 is 25.3 Å². The maximum atomic E-state index is 5.45. The lowest BCUT2D eigenvalue weighted by atomic mass is 10.2. The van der Waals surface area contributed by atoms with Crippen molar-refractivity contribution in [2.45, 2.75) is 6.54 Å². The van der Waals surface area contributed by atoms with Crippen LogP contribution in [0.5, 0.6) is 0 Å². The highest BCUT2D eigenvalue weighted by molar-refractivity contribution is 5.84. The van der Waals surface area contributed by atoms with Crippen LogP contribution in [0.4, 0.5) is 23.1 Å². The van der Waals surface area contributed by atoms with Crippen molar-refractivity contribution in [3.63, 3.8) is 0 Å². The fourth-order valence-electron chi connectivity index (χ4n) is 3.53. The molecule has 5 rings (SSSR count). The summed E-state index contributed by atoms with van der Waals surface area (Å²) in [5.41, 5.74) is 4.68. The smallest absolute Gasteiger partial charge is 0.231 e. The average molecular weight is 401 g/mol. The summed E-state index contributed by atoms with van der Waals surface area (Å²) >= 11 is 0. The third kappa shape index (κ3) is 4.04. The number of aromatic amines is 1. The van der Waals surface area contributed by atoms with Crippen molar-refractivity contribution >= 4 is 34.3 Å². The summed E-state index contributed by atoms with van der Waals surface area (Å²) in [6.45, 7) is 3.97. The van der Waals surface area contributed by atoms with E-state index in [4.69, 9.17) is 4.74 Å². The Morgan fingerprint density at radius 2 is 1.87 bits per heavy atom. The van der Waals surface area contributed by atoms with E-state index < -0.39 is 0 Å². The molecular weight excluding hydrogens is 378 g/mol. The molecule has 30 heavy (non-hydrogen) atoms. The maximum Gasteiger partial charge on any atom is 0.231 e. The van der Waals surface area contributed by atoms with Gasteiger partial charge in [-0.2, -0.15) is 9.97 Å². The zero-order valence-electron chi connectivity index (χ0n) is 16.5. The number of morpholine rings is 1. The lowest BCUT2D eigenvalue weighted by molar-refractivity contribution is 0.122. The van der Waals surface area contributed by atoms with Crippen LogP contribution in [0.3, 0.4) is 0 Å². The van der Waals surface area contributed by atoms with Gasteiger partial charge in [0.1, 0.15) is 5.52 Å². The molecular formula is C22H23N7O. The number of aromatic nitrogens is 4. The van der Waals surface area contributed by atoms with E-state index in [9.17, 15) is 0 Å². The van der Waals surface area contributed by atoms with Crippen LogP contribution in [0, 0.1) is 0 Å². The number of nitrogens with zero attached hydrogens (tertiary/aromatic N) is 4. The summed E-state index contributed by atoms with van der Waals surface area (Å²) in [5.74, 6) is 1.21. The van der Waals surface area contributed by atoms with Gasteiger partial charge in [0.25, 0.3) is 0 Å². The second kappa shape index (κ2) is 8.38. The number of H-pyrrole nitrogens is 1. The van der Waals surface area contributed by atoms with Crippen LogP contribution in [0.15, 0.2) is 60.9 Å². The van der Waals surface area contributed by atoms with Crippen molar-refractivity contribution in [2.75, 3.05) is 41.8 Å². The Bertz CT molecular complexity index is 1120. The second-order valence-corrected chi connectivity index (χ2v) is 7.11. The SMILES string of the molecule is c1ccc(CNc2nc(Nc3cccc(N4CCOCC4)c3)nc3[nH]cnc23)cc1. The van der Waals surface area contributed by atoms with Gasteiger partial charge in [-0.25, -0.2) is 4.98 Å². The number of hydrogen-bond donors (Lipinski definition) is 3. The first kappa shape index (κ1) is 18.4. The Balaban J connectivity index is 1.38. The number of fused-ring (bicyclic) bond motifs is 1. The molecule has 0 radical (unpaired) electrons. The highest BCUT2D eigenvalue weighted by atomic mass is 16.5. The Labute approximate surface area is 174 Å². The molecule has 0 amide bonds. The van der Waals surface area contributed by atoms with Gasteiger partial charge in [0, 0.05) is 31.0 Å². The van der Waals surface area contributed by atoms with Gasteiger partial charge in [0.15, 0.2) is 11.5 Å². The molecule has 3 N–H and O–H groups in total. The van der Waals surface area contributed by atoms with Crippen LogP contribution in [-0.2, 0) is 11.3 Å². The number of imidazole rings is 1. The molecule has 1 aliphatic heterocycles. The minimum absolute atomic E-state index is 0.515. The van der Waals surface area contributed by atoms with Gasteiger partial charge in [0.05, 0.1) is 19.5 Å². The zero-order chi connectivity index (χ0) is 20.2. The van der Waals surface area contributed by atoms with E-state index in [1.807, 2.05) is 30.3 Å². The Kier molecular flexibility index (Phi) is 5.14. The Hall–Kier alpha value is -3.65. The molecule has 0 spiro atoms. The van der Waals surface area contributed by atoms with Crippen molar-refractivity contribution in [3.05, 3.63) is 66.5 Å². The van der Waals surface area contributed by atoms with Gasteiger partial charge in [-0.1, -0.05) is 36.4 Å². The molecule has 2 aromatic carbocycles. The van der Waals surface area contributed by atoms with Crippen molar-refractivity contribution < 1.29 is 4.74 Å².